The van der Waals surface area contributed by atoms with Crippen LogP contribution in [-0.4, -0.2) is 75.7 Å². The maximum absolute atomic E-state index is 12.7. The molecule has 0 aliphatic heterocycles. The minimum absolute atomic E-state index is 0.0204. The summed E-state index contributed by atoms with van der Waals surface area (Å²) >= 11 is 0. The van der Waals surface area contributed by atoms with Crippen LogP contribution >= 0.6 is 0 Å². The number of methoxy groups -OCH3 is 1. The molecule has 1 aliphatic rings. The van der Waals surface area contributed by atoms with Gasteiger partial charge in [0.25, 0.3) is 0 Å². The van der Waals surface area contributed by atoms with E-state index >= 15 is 0 Å². The highest BCUT2D eigenvalue weighted by atomic mass is 16.6. The molecule has 0 spiro atoms. The molecule has 45 heavy (non-hydrogen) atoms. The van der Waals surface area contributed by atoms with Gasteiger partial charge in [0, 0.05) is 18.8 Å². The van der Waals surface area contributed by atoms with Gasteiger partial charge in [-0.05, 0) is 87.1 Å². The van der Waals surface area contributed by atoms with Crippen LogP contribution in [0.3, 0.4) is 0 Å². The number of benzene rings is 2. The quantitative estimate of drug-likeness (QED) is 0.0958. The summed E-state index contributed by atoms with van der Waals surface area (Å²) in [5, 5.41) is 0. The highest BCUT2D eigenvalue weighted by Crippen LogP contribution is 2.26. The first-order valence-corrected chi connectivity index (χ1v) is 14.8. The van der Waals surface area contributed by atoms with Crippen molar-refractivity contribution < 1.29 is 52.3 Å². The van der Waals surface area contributed by atoms with Crippen LogP contribution in [0.1, 0.15) is 59.2 Å². The summed E-state index contributed by atoms with van der Waals surface area (Å²) in [7, 11) is 1.56. The lowest BCUT2D eigenvalue weighted by Gasteiger charge is -2.28. The van der Waals surface area contributed by atoms with Crippen molar-refractivity contribution in [1.82, 2.24) is 0 Å². The van der Waals surface area contributed by atoms with Gasteiger partial charge < -0.3 is 33.2 Å². The second-order valence-corrected chi connectivity index (χ2v) is 10.2. The smallest absolute Gasteiger partial charge is 0.338 e. The van der Waals surface area contributed by atoms with E-state index in [1.54, 1.807) is 55.6 Å². The van der Waals surface area contributed by atoms with Gasteiger partial charge in [-0.15, -0.1) is 0 Å². The molecule has 0 N–H and O–H groups in total. The lowest BCUT2D eigenvalue weighted by molar-refractivity contribution is -0.148. The predicted molar refractivity (Wildman–Crippen MR) is 163 cm³/mol. The third-order valence-corrected chi connectivity index (χ3v) is 6.87. The monoisotopic (exact) mass is 624 g/mol. The molecule has 1 fully saturated rings. The summed E-state index contributed by atoms with van der Waals surface area (Å²) < 4.78 is 38.0. The van der Waals surface area contributed by atoms with Gasteiger partial charge in [-0.25, -0.2) is 19.2 Å². The fourth-order valence-electron chi connectivity index (χ4n) is 4.39. The molecule has 3 rings (SSSR count). The van der Waals surface area contributed by atoms with Gasteiger partial charge in [-0.1, -0.05) is 13.2 Å². The predicted octanol–water partition coefficient (Wildman–Crippen LogP) is 5.02. The SMILES string of the molecule is C=CC(=O)OCCCCOCC(COc1ccc(C(=O)OC2CCC(OC(=O)c3ccc(OC)cc3)CC2)cc1)OC(=O)C=C. The number of rotatable bonds is 18. The zero-order valence-electron chi connectivity index (χ0n) is 25.5. The summed E-state index contributed by atoms with van der Waals surface area (Å²) in [4.78, 5) is 48.0. The number of carbonyl (C=O) groups excluding carboxylic acids is 4. The van der Waals surface area contributed by atoms with Gasteiger partial charge >= 0.3 is 23.9 Å². The molecule has 11 nitrogen and oxygen atoms in total. The summed E-state index contributed by atoms with van der Waals surface area (Å²) in [6.45, 7) is 7.50. The van der Waals surface area contributed by atoms with Crippen LogP contribution in [0.15, 0.2) is 73.8 Å². The number of hydrogen-bond acceptors (Lipinski definition) is 11. The first-order chi connectivity index (χ1) is 21.8. The zero-order chi connectivity index (χ0) is 32.4. The van der Waals surface area contributed by atoms with Crippen molar-refractivity contribution in [3.8, 4) is 11.5 Å². The van der Waals surface area contributed by atoms with Crippen molar-refractivity contribution in [1.29, 1.82) is 0 Å². The van der Waals surface area contributed by atoms with Crippen LogP contribution in [0.25, 0.3) is 0 Å². The lowest BCUT2D eigenvalue weighted by Crippen LogP contribution is -2.30. The Morgan fingerprint density at radius 1 is 0.733 bits per heavy atom. The van der Waals surface area contributed by atoms with Crippen molar-refractivity contribution in [2.45, 2.75) is 56.8 Å². The minimum Gasteiger partial charge on any atom is -0.497 e. The number of hydrogen-bond donors (Lipinski definition) is 0. The van der Waals surface area contributed by atoms with Gasteiger partial charge in [0.05, 0.1) is 31.5 Å². The molecule has 0 amide bonds. The molecule has 1 atom stereocenters. The maximum Gasteiger partial charge on any atom is 0.338 e. The maximum atomic E-state index is 12.7. The molecule has 0 radical (unpaired) electrons. The molecular weight excluding hydrogens is 584 g/mol. The first-order valence-electron chi connectivity index (χ1n) is 14.8. The zero-order valence-corrected chi connectivity index (χ0v) is 25.5. The molecule has 242 valence electrons. The second-order valence-electron chi connectivity index (χ2n) is 10.2. The average Bonchev–Trinajstić information content (AvgIpc) is 3.07. The molecule has 0 saturated heterocycles. The Morgan fingerprint density at radius 3 is 1.76 bits per heavy atom. The number of unbranched alkanes of at least 4 members (excludes halogenated alkanes) is 1. The Labute approximate surface area is 263 Å². The Hall–Kier alpha value is -4.64. The molecule has 1 saturated carbocycles. The first kappa shape index (κ1) is 34.8. The Kier molecular flexibility index (Phi) is 14.6. The highest BCUT2D eigenvalue weighted by Gasteiger charge is 2.27. The normalized spacial score (nSPS) is 16.4. The van der Waals surface area contributed by atoms with E-state index in [0.717, 1.165) is 12.2 Å². The van der Waals surface area contributed by atoms with Crippen LogP contribution < -0.4 is 9.47 Å². The average molecular weight is 625 g/mol. The minimum atomic E-state index is -0.690. The van der Waals surface area contributed by atoms with Gasteiger partial charge in [-0.2, -0.15) is 0 Å². The van der Waals surface area contributed by atoms with Gasteiger partial charge in [0.2, 0.25) is 0 Å². The summed E-state index contributed by atoms with van der Waals surface area (Å²) in [6.07, 6.45) is 4.59. The van der Waals surface area contributed by atoms with Crippen molar-refractivity contribution in [2.24, 2.45) is 0 Å². The molecule has 1 unspecified atom stereocenters. The third kappa shape index (κ3) is 12.5. The summed E-state index contributed by atoms with van der Waals surface area (Å²) in [5.74, 6) is -0.794. The van der Waals surface area contributed by atoms with Crippen LogP contribution in [-0.2, 0) is 33.3 Å². The Bertz CT molecular complexity index is 1260. The largest absolute Gasteiger partial charge is 0.497 e. The molecule has 2 aromatic rings. The fourth-order valence-corrected chi connectivity index (χ4v) is 4.39. The van der Waals surface area contributed by atoms with E-state index in [2.05, 4.69) is 13.2 Å². The molecular formula is C34H40O11. The second kappa shape index (κ2) is 18.9. The highest BCUT2D eigenvalue weighted by molar-refractivity contribution is 5.90. The van der Waals surface area contributed by atoms with Crippen LogP contribution in [0.5, 0.6) is 11.5 Å². The fraction of sp³-hybridized carbons (Fsp3) is 0.412. The van der Waals surface area contributed by atoms with Crippen molar-refractivity contribution in [3.63, 3.8) is 0 Å². The van der Waals surface area contributed by atoms with E-state index in [1.165, 1.54) is 0 Å². The van der Waals surface area contributed by atoms with Crippen molar-refractivity contribution in [2.75, 3.05) is 33.5 Å². The topological polar surface area (TPSA) is 133 Å². The Morgan fingerprint density at radius 2 is 1.24 bits per heavy atom. The molecule has 1 aliphatic carbocycles. The summed E-state index contributed by atoms with van der Waals surface area (Å²) in [6, 6.07) is 13.2. The van der Waals surface area contributed by atoms with E-state index < -0.39 is 24.0 Å². The van der Waals surface area contributed by atoms with E-state index in [9.17, 15) is 19.2 Å². The van der Waals surface area contributed by atoms with Gasteiger partial charge in [-0.3, -0.25) is 0 Å². The molecule has 0 heterocycles. The van der Waals surface area contributed by atoms with E-state index in [4.69, 9.17) is 33.2 Å². The lowest BCUT2D eigenvalue weighted by atomic mass is 9.95. The molecule has 11 heteroatoms. The number of ether oxygens (including phenoxy) is 7. The third-order valence-electron chi connectivity index (χ3n) is 6.87. The van der Waals surface area contributed by atoms with E-state index in [-0.39, 0.29) is 38.0 Å². The standard InChI is InChI=1S/C34H40O11/c1-4-31(35)41-21-7-6-20-40-22-30(43-32(36)5-2)23-42-27-14-10-25(11-15-27)34(38)45-29-18-16-28(17-19-29)44-33(37)24-8-12-26(39-3)13-9-24/h4-5,8-15,28-30H,1-2,6-7,16-23H2,3H3. The van der Waals surface area contributed by atoms with Crippen LogP contribution in [0.4, 0.5) is 0 Å². The summed E-state index contributed by atoms with van der Waals surface area (Å²) in [5.41, 5.74) is 0.822. The van der Waals surface area contributed by atoms with Crippen LogP contribution in [0.2, 0.25) is 0 Å². The molecule has 0 aromatic heterocycles. The van der Waals surface area contributed by atoms with Crippen molar-refractivity contribution >= 4 is 23.9 Å². The molecule has 2 aromatic carbocycles. The van der Waals surface area contributed by atoms with Gasteiger partial charge in [0.15, 0.2) is 6.10 Å². The van der Waals surface area contributed by atoms with Crippen molar-refractivity contribution in [3.05, 3.63) is 85.0 Å². The Balaban J connectivity index is 1.38. The number of esters is 4. The van der Waals surface area contributed by atoms with E-state index in [0.29, 0.717) is 67.8 Å². The van der Waals surface area contributed by atoms with Gasteiger partial charge in [0.1, 0.15) is 30.3 Å². The molecule has 0 bridgehead atoms. The van der Waals surface area contributed by atoms with E-state index in [1.807, 2.05) is 0 Å². The van der Waals surface area contributed by atoms with Crippen LogP contribution in [0, 0.1) is 0 Å². The number of carbonyl (C=O) groups is 4.